The van der Waals surface area contributed by atoms with Crippen LogP contribution in [-0.4, -0.2) is 17.0 Å². The van der Waals surface area contributed by atoms with Crippen LogP contribution in [0.4, 0.5) is 0 Å². The number of nitrogens with two attached hydrogens (primary N) is 1. The van der Waals surface area contributed by atoms with Crippen LogP contribution < -0.4 is 11.1 Å². The molecule has 0 saturated heterocycles. The standard InChI is InChI=1S/C15H17N3O2S/c1-10(12-8-5-9-21-12)17-15(19)13(14(16)18-20)11-6-3-2-4-7-11/h2-10,13,20H,1H3,(H2,16,18)(H,17,19). The zero-order chi connectivity index (χ0) is 15.2. The zero-order valence-corrected chi connectivity index (χ0v) is 12.4. The van der Waals surface area contributed by atoms with E-state index in [1.54, 1.807) is 23.5 Å². The Labute approximate surface area is 127 Å². The van der Waals surface area contributed by atoms with Crippen molar-refractivity contribution in [2.75, 3.05) is 0 Å². The van der Waals surface area contributed by atoms with Crippen molar-refractivity contribution < 1.29 is 10.0 Å². The Bertz CT molecular complexity index is 611. The van der Waals surface area contributed by atoms with Crippen molar-refractivity contribution in [3.8, 4) is 0 Å². The lowest BCUT2D eigenvalue weighted by Crippen LogP contribution is -2.38. The zero-order valence-electron chi connectivity index (χ0n) is 11.6. The van der Waals surface area contributed by atoms with E-state index >= 15 is 0 Å². The fraction of sp³-hybridized carbons (Fsp3) is 0.200. The highest BCUT2D eigenvalue weighted by atomic mass is 32.1. The lowest BCUT2D eigenvalue weighted by Gasteiger charge is -2.19. The summed E-state index contributed by atoms with van der Waals surface area (Å²) in [6, 6.07) is 12.8. The Hall–Kier alpha value is -2.34. The number of amidine groups is 1. The van der Waals surface area contributed by atoms with Crippen LogP contribution in [-0.2, 0) is 4.79 Å². The molecule has 110 valence electrons. The molecule has 0 fully saturated rings. The third-order valence-corrected chi connectivity index (χ3v) is 4.19. The number of benzene rings is 1. The molecule has 1 aromatic heterocycles. The molecule has 0 saturated carbocycles. The lowest BCUT2D eigenvalue weighted by molar-refractivity contribution is -0.121. The third-order valence-electron chi connectivity index (χ3n) is 3.14. The number of hydrogen-bond donors (Lipinski definition) is 3. The number of hydrogen-bond acceptors (Lipinski definition) is 4. The molecule has 0 spiro atoms. The summed E-state index contributed by atoms with van der Waals surface area (Å²) in [7, 11) is 0. The maximum atomic E-state index is 12.5. The summed E-state index contributed by atoms with van der Waals surface area (Å²) in [4.78, 5) is 13.5. The number of amides is 1. The quantitative estimate of drug-likeness (QED) is 0.343. The normalized spacial score (nSPS) is 14.4. The first-order valence-corrected chi connectivity index (χ1v) is 7.37. The van der Waals surface area contributed by atoms with E-state index in [9.17, 15) is 4.79 Å². The third kappa shape index (κ3) is 3.61. The van der Waals surface area contributed by atoms with E-state index in [2.05, 4.69) is 10.5 Å². The number of nitrogens with zero attached hydrogens (tertiary/aromatic N) is 1. The molecule has 2 rings (SSSR count). The van der Waals surface area contributed by atoms with Crippen LogP contribution in [0.25, 0.3) is 0 Å². The van der Waals surface area contributed by atoms with Crippen LogP contribution in [0.2, 0.25) is 0 Å². The second-order valence-corrected chi connectivity index (χ2v) is 5.59. The number of carbonyl (C=O) groups excluding carboxylic acids is 1. The van der Waals surface area contributed by atoms with Gasteiger partial charge in [-0.1, -0.05) is 41.6 Å². The van der Waals surface area contributed by atoms with E-state index in [1.807, 2.05) is 42.6 Å². The summed E-state index contributed by atoms with van der Waals surface area (Å²) in [5.74, 6) is -1.23. The van der Waals surface area contributed by atoms with Crippen molar-refractivity contribution in [2.45, 2.75) is 18.9 Å². The van der Waals surface area contributed by atoms with Gasteiger partial charge in [-0.15, -0.1) is 11.3 Å². The highest BCUT2D eigenvalue weighted by molar-refractivity contribution is 7.10. The Kier molecular flexibility index (Phi) is 4.94. The number of carbonyl (C=O) groups is 1. The van der Waals surface area contributed by atoms with Crippen LogP contribution in [0, 0.1) is 0 Å². The Morgan fingerprint density at radius 1 is 1.29 bits per heavy atom. The predicted octanol–water partition coefficient (Wildman–Crippen LogP) is 2.46. The van der Waals surface area contributed by atoms with Gasteiger partial charge in [0.1, 0.15) is 5.92 Å². The van der Waals surface area contributed by atoms with Gasteiger partial charge in [0.15, 0.2) is 5.84 Å². The summed E-state index contributed by atoms with van der Waals surface area (Å²) in [6.45, 7) is 1.90. The van der Waals surface area contributed by atoms with Crippen LogP contribution >= 0.6 is 11.3 Å². The second kappa shape index (κ2) is 6.90. The second-order valence-electron chi connectivity index (χ2n) is 4.61. The number of nitrogens with one attached hydrogen (secondary N) is 1. The molecule has 0 aliphatic carbocycles. The summed E-state index contributed by atoms with van der Waals surface area (Å²) >= 11 is 1.57. The molecule has 2 atom stereocenters. The van der Waals surface area contributed by atoms with E-state index in [1.165, 1.54) is 0 Å². The van der Waals surface area contributed by atoms with Crippen LogP contribution in [0.1, 0.15) is 29.3 Å². The highest BCUT2D eigenvalue weighted by Gasteiger charge is 2.26. The van der Waals surface area contributed by atoms with Gasteiger partial charge in [0.05, 0.1) is 6.04 Å². The van der Waals surface area contributed by atoms with Gasteiger partial charge in [-0.25, -0.2) is 0 Å². The minimum Gasteiger partial charge on any atom is -0.409 e. The smallest absolute Gasteiger partial charge is 0.235 e. The highest BCUT2D eigenvalue weighted by Crippen LogP contribution is 2.21. The molecule has 6 heteroatoms. The molecular weight excluding hydrogens is 286 g/mol. The van der Waals surface area contributed by atoms with E-state index in [-0.39, 0.29) is 17.8 Å². The Balaban J connectivity index is 2.20. The van der Waals surface area contributed by atoms with Gasteiger partial charge < -0.3 is 16.3 Å². The number of rotatable bonds is 5. The maximum absolute atomic E-state index is 12.5. The molecular formula is C15H17N3O2S. The van der Waals surface area contributed by atoms with E-state index in [4.69, 9.17) is 10.9 Å². The number of oxime groups is 1. The van der Waals surface area contributed by atoms with Gasteiger partial charge in [0, 0.05) is 4.88 Å². The largest absolute Gasteiger partial charge is 0.409 e. The first-order chi connectivity index (χ1) is 10.1. The van der Waals surface area contributed by atoms with Gasteiger partial charge in [-0.05, 0) is 23.9 Å². The van der Waals surface area contributed by atoms with Crippen molar-refractivity contribution in [2.24, 2.45) is 10.9 Å². The van der Waals surface area contributed by atoms with Crippen LogP contribution in [0.3, 0.4) is 0 Å². The molecule has 2 unspecified atom stereocenters. The molecule has 1 aromatic carbocycles. The Morgan fingerprint density at radius 2 is 2.00 bits per heavy atom. The molecule has 21 heavy (non-hydrogen) atoms. The summed E-state index contributed by atoms with van der Waals surface area (Å²) in [5.41, 5.74) is 6.37. The molecule has 5 nitrogen and oxygen atoms in total. The molecule has 1 heterocycles. The van der Waals surface area contributed by atoms with Gasteiger partial charge in [0.25, 0.3) is 0 Å². The van der Waals surface area contributed by atoms with Crippen molar-refractivity contribution in [3.63, 3.8) is 0 Å². The maximum Gasteiger partial charge on any atom is 0.235 e. The average Bonchev–Trinajstić information content (AvgIpc) is 3.02. The van der Waals surface area contributed by atoms with Crippen molar-refractivity contribution in [3.05, 3.63) is 58.3 Å². The number of thiophene rings is 1. The molecule has 0 aliphatic heterocycles. The Morgan fingerprint density at radius 3 is 2.57 bits per heavy atom. The van der Waals surface area contributed by atoms with E-state index in [0.717, 1.165) is 4.88 Å². The molecule has 0 bridgehead atoms. The fourth-order valence-electron chi connectivity index (χ4n) is 2.07. The minimum atomic E-state index is -0.807. The van der Waals surface area contributed by atoms with Crippen molar-refractivity contribution in [1.82, 2.24) is 5.32 Å². The lowest BCUT2D eigenvalue weighted by atomic mass is 9.97. The minimum absolute atomic E-state index is 0.128. The van der Waals surface area contributed by atoms with Gasteiger partial charge in [-0.2, -0.15) is 0 Å². The molecule has 0 aliphatic rings. The monoisotopic (exact) mass is 303 g/mol. The molecule has 1 amide bonds. The molecule has 0 radical (unpaired) electrons. The molecule has 4 N–H and O–H groups in total. The first-order valence-electron chi connectivity index (χ1n) is 6.49. The average molecular weight is 303 g/mol. The van der Waals surface area contributed by atoms with Crippen LogP contribution in [0.5, 0.6) is 0 Å². The van der Waals surface area contributed by atoms with Crippen molar-refractivity contribution >= 4 is 23.1 Å². The van der Waals surface area contributed by atoms with Gasteiger partial charge in [0.2, 0.25) is 5.91 Å². The van der Waals surface area contributed by atoms with Crippen molar-refractivity contribution in [1.29, 1.82) is 0 Å². The first kappa shape index (κ1) is 15.1. The SMILES string of the molecule is CC(NC(=O)C(C(N)=NO)c1ccccc1)c1cccs1. The summed E-state index contributed by atoms with van der Waals surface area (Å²) < 4.78 is 0. The topological polar surface area (TPSA) is 87.7 Å². The van der Waals surface area contributed by atoms with Gasteiger partial charge >= 0.3 is 0 Å². The molecule has 2 aromatic rings. The summed E-state index contributed by atoms with van der Waals surface area (Å²) in [6.07, 6.45) is 0. The van der Waals surface area contributed by atoms with Gasteiger partial charge in [-0.3, -0.25) is 4.79 Å². The summed E-state index contributed by atoms with van der Waals surface area (Å²) in [5, 5.41) is 16.8. The van der Waals surface area contributed by atoms with E-state index < -0.39 is 5.92 Å². The van der Waals surface area contributed by atoms with Crippen LogP contribution in [0.15, 0.2) is 53.0 Å². The van der Waals surface area contributed by atoms with E-state index in [0.29, 0.717) is 5.56 Å². The fourth-order valence-corrected chi connectivity index (χ4v) is 2.80. The predicted molar refractivity (Wildman–Crippen MR) is 83.5 cm³/mol.